The van der Waals surface area contributed by atoms with Crippen LogP contribution in [0.4, 0.5) is 14.5 Å². The average molecular weight is 892 g/mol. The number of amides is 1. The van der Waals surface area contributed by atoms with Crippen LogP contribution in [0.15, 0.2) is 85.4 Å². The summed E-state index contributed by atoms with van der Waals surface area (Å²) < 4.78 is 54.9. The normalized spacial score (nSPS) is 23.3. The molecule has 3 aromatic carbocycles. The molecule has 11 rings (SSSR count). The first-order valence-corrected chi connectivity index (χ1v) is 21.9. The number of aromatic nitrogens is 6. The Hall–Kier alpha value is -6.66. The maximum atomic E-state index is 16.0. The number of carbonyl (C=O) groups is 2. The minimum Gasteiger partial charge on any atom is -0.477 e. The van der Waals surface area contributed by atoms with Crippen LogP contribution in [0.1, 0.15) is 108 Å². The summed E-state index contributed by atoms with van der Waals surface area (Å²) >= 11 is 0. The average Bonchev–Trinajstić information content (AvgIpc) is 3.73. The van der Waals surface area contributed by atoms with E-state index in [1.165, 1.54) is 16.7 Å². The summed E-state index contributed by atoms with van der Waals surface area (Å²) in [6.07, 6.45) is 4.36. The first-order valence-electron chi connectivity index (χ1n) is 21.9. The van der Waals surface area contributed by atoms with Gasteiger partial charge in [0.05, 0.1) is 11.0 Å². The Kier molecular flexibility index (Phi) is 10.5. The van der Waals surface area contributed by atoms with Crippen molar-refractivity contribution in [2.75, 3.05) is 38.4 Å². The number of ether oxygens (including phenoxy) is 2. The number of anilines is 1. The zero-order valence-electron chi connectivity index (χ0n) is 35.9. The van der Waals surface area contributed by atoms with Crippen LogP contribution >= 0.6 is 0 Å². The van der Waals surface area contributed by atoms with Crippen LogP contribution in [0.25, 0.3) is 21.8 Å². The van der Waals surface area contributed by atoms with Crippen molar-refractivity contribution in [3.63, 3.8) is 0 Å². The summed E-state index contributed by atoms with van der Waals surface area (Å²) in [6.45, 7) is 6.45. The number of nitrogens with zero attached hydrogens (tertiary/aromatic N) is 5. The van der Waals surface area contributed by atoms with E-state index in [4.69, 9.17) is 14.0 Å². The van der Waals surface area contributed by atoms with Gasteiger partial charge in [0.2, 0.25) is 0 Å². The number of halogens is 2. The molecule has 16 nitrogen and oxygen atoms in total. The van der Waals surface area contributed by atoms with Crippen LogP contribution in [0.3, 0.4) is 0 Å². The minimum absolute atomic E-state index is 0.00278. The highest BCUT2D eigenvalue weighted by Gasteiger charge is 2.60. The molecule has 2 aliphatic heterocycles. The van der Waals surface area contributed by atoms with Crippen molar-refractivity contribution in [1.82, 2.24) is 29.4 Å². The van der Waals surface area contributed by atoms with E-state index in [9.17, 15) is 24.3 Å². The Morgan fingerprint density at radius 3 is 1.54 bits per heavy atom. The van der Waals surface area contributed by atoms with E-state index in [1.54, 1.807) is 28.6 Å². The number of rotatable bonds is 9. The standard InChI is InChI=1S/C27H27FN4O4.C20H20FN3O5/c1-16-15-27(16,25-29-26(34)36-30-25)32-22(24(33)31(2)20-6-4-3-5-7-20)14-19-12-18(13-21(28)23(19)32)17-8-10-35-11-9-17;1-10-9-20(10,18-22-19(27)29-23-18)24-15(17(25)26)8-13-6-12(7-14(21)16(13)24)11-2-4-28-5-3-11/h3-7,12-14,16-17H,8-11,15H2,1-2H3,(H,29,30,34);6-8,10-11H,2-5,9H2,1H3,(H,25,26)(H,22,23,27)/t16-,27-;10-,20-/m00/s1. The monoisotopic (exact) mass is 891 g/mol. The number of nitrogens with one attached hydrogen (secondary N) is 2. The Morgan fingerprint density at radius 1 is 0.708 bits per heavy atom. The van der Waals surface area contributed by atoms with Crippen LogP contribution < -0.4 is 16.4 Å². The fourth-order valence-electron chi connectivity index (χ4n) is 10.4. The third kappa shape index (κ3) is 7.09. The Labute approximate surface area is 369 Å². The molecule has 2 aliphatic carbocycles. The molecule has 4 aliphatic rings. The van der Waals surface area contributed by atoms with E-state index >= 15 is 8.78 Å². The Morgan fingerprint density at radius 2 is 1.14 bits per heavy atom. The quantitative estimate of drug-likeness (QED) is 0.132. The van der Waals surface area contributed by atoms with Crippen LogP contribution in [0, 0.1) is 23.5 Å². The predicted octanol–water partition coefficient (Wildman–Crippen LogP) is 7.24. The molecule has 0 spiro atoms. The number of para-hydroxylation sites is 1. The molecule has 338 valence electrons. The molecule has 1 amide bonds. The molecule has 0 bridgehead atoms. The van der Waals surface area contributed by atoms with Gasteiger partial charge in [0.15, 0.2) is 11.6 Å². The smallest absolute Gasteiger partial charge is 0.438 e. The molecule has 7 aromatic rings. The maximum absolute atomic E-state index is 16.0. The lowest BCUT2D eigenvalue weighted by molar-refractivity contribution is 0.0682. The van der Waals surface area contributed by atoms with Gasteiger partial charge in [0, 0.05) is 49.9 Å². The van der Waals surface area contributed by atoms with Crippen molar-refractivity contribution in [3.8, 4) is 0 Å². The fraction of sp³-hybridized carbons (Fsp3) is 0.404. The van der Waals surface area contributed by atoms with Gasteiger partial charge in [-0.25, -0.2) is 23.2 Å². The first-order chi connectivity index (χ1) is 31.3. The number of carbonyl (C=O) groups excluding carboxylic acids is 1. The van der Waals surface area contributed by atoms with Crippen molar-refractivity contribution >= 4 is 39.4 Å². The fourth-order valence-corrected chi connectivity index (χ4v) is 10.4. The van der Waals surface area contributed by atoms with Gasteiger partial charge in [0.1, 0.15) is 34.1 Å². The van der Waals surface area contributed by atoms with Crippen molar-refractivity contribution in [1.29, 1.82) is 0 Å². The molecule has 2 saturated carbocycles. The van der Waals surface area contributed by atoms with Gasteiger partial charge >= 0.3 is 17.5 Å². The summed E-state index contributed by atoms with van der Waals surface area (Å²) in [5, 5.41) is 18.7. The number of aromatic amines is 2. The Bertz CT molecular complexity index is 3080. The van der Waals surface area contributed by atoms with Crippen LogP contribution in [0.2, 0.25) is 0 Å². The summed E-state index contributed by atoms with van der Waals surface area (Å²) in [5.74, 6) is -2.92. The minimum atomic E-state index is -1.17. The highest BCUT2D eigenvalue weighted by molar-refractivity contribution is 6.08. The van der Waals surface area contributed by atoms with E-state index in [0.29, 0.717) is 67.1 Å². The first kappa shape index (κ1) is 42.3. The highest BCUT2D eigenvalue weighted by atomic mass is 19.1. The maximum Gasteiger partial charge on any atom is 0.438 e. The molecular weight excluding hydrogens is 845 g/mol. The molecule has 2 saturated heterocycles. The molecule has 0 unspecified atom stereocenters. The van der Waals surface area contributed by atoms with Crippen LogP contribution in [0.5, 0.6) is 0 Å². The molecule has 4 fully saturated rings. The molecule has 0 radical (unpaired) electrons. The zero-order valence-corrected chi connectivity index (χ0v) is 35.9. The summed E-state index contributed by atoms with van der Waals surface area (Å²) in [5.41, 5.74) is 1.43. The van der Waals surface area contributed by atoms with Crippen molar-refractivity contribution in [2.24, 2.45) is 11.8 Å². The van der Waals surface area contributed by atoms with Crippen molar-refractivity contribution in [3.05, 3.63) is 134 Å². The molecule has 4 aromatic heterocycles. The number of fused-ring (bicyclic) bond motifs is 2. The lowest BCUT2D eigenvalue weighted by Crippen LogP contribution is -2.33. The van der Waals surface area contributed by atoms with Gasteiger partial charge in [-0.05, 0) is 122 Å². The van der Waals surface area contributed by atoms with Gasteiger partial charge in [-0.15, -0.1) is 0 Å². The molecule has 18 heteroatoms. The lowest BCUT2D eigenvalue weighted by atomic mass is 9.91. The van der Waals surface area contributed by atoms with E-state index < -0.39 is 40.2 Å². The van der Waals surface area contributed by atoms with Crippen molar-refractivity contribution in [2.45, 2.75) is 75.3 Å². The van der Waals surface area contributed by atoms with Gasteiger partial charge in [-0.1, -0.05) is 42.4 Å². The topological polar surface area (TPSA) is 204 Å². The second-order valence-electron chi connectivity index (χ2n) is 17.8. The van der Waals surface area contributed by atoms with E-state index in [2.05, 4.69) is 24.8 Å². The van der Waals surface area contributed by atoms with Crippen LogP contribution in [-0.4, -0.2) is 79.9 Å². The third-order valence-electron chi connectivity index (χ3n) is 14.1. The number of aromatic carboxylic acids is 1. The van der Waals surface area contributed by atoms with Gasteiger partial charge in [0.25, 0.3) is 5.91 Å². The second-order valence-corrected chi connectivity index (χ2v) is 17.8. The molecule has 4 atom stereocenters. The van der Waals surface area contributed by atoms with E-state index in [-0.39, 0.29) is 46.6 Å². The Balaban J connectivity index is 0.000000157. The molecule has 3 N–H and O–H groups in total. The van der Waals surface area contributed by atoms with E-state index in [0.717, 1.165) is 42.5 Å². The third-order valence-corrected chi connectivity index (χ3v) is 14.1. The molecule has 6 heterocycles. The predicted molar refractivity (Wildman–Crippen MR) is 231 cm³/mol. The summed E-state index contributed by atoms with van der Waals surface area (Å²) in [4.78, 5) is 56.0. The number of benzene rings is 3. The molecule has 65 heavy (non-hydrogen) atoms. The number of hydrogen-bond acceptors (Lipinski definition) is 10. The van der Waals surface area contributed by atoms with Gasteiger partial charge in [-0.2, -0.15) is 0 Å². The number of H-pyrrole nitrogens is 2. The SMILES string of the molecule is C[C@H]1C[C@]1(c1noc(=O)[nH]1)n1c(C(=O)N(C)c2ccccc2)cc2cc(C3CCOCC3)cc(F)c21.C[C@H]1C[C@]1(c1noc(=O)[nH]1)n1c(C(=O)O)cc2cc(C3CCOCC3)cc(F)c21. The summed E-state index contributed by atoms with van der Waals surface area (Å²) in [6, 6.07) is 19.5. The number of hydrogen-bond donors (Lipinski definition) is 3. The van der Waals surface area contributed by atoms with Crippen molar-refractivity contribution < 1.29 is 42.0 Å². The van der Waals surface area contributed by atoms with Crippen LogP contribution in [-0.2, 0) is 20.6 Å². The highest BCUT2D eigenvalue weighted by Crippen LogP contribution is 2.57. The largest absolute Gasteiger partial charge is 0.477 e. The second kappa shape index (κ2) is 16.1. The van der Waals surface area contributed by atoms with E-state index in [1.807, 2.05) is 56.3 Å². The van der Waals surface area contributed by atoms with Gasteiger partial charge in [-0.3, -0.25) is 23.8 Å². The van der Waals surface area contributed by atoms with Gasteiger partial charge < -0.3 is 28.6 Å². The summed E-state index contributed by atoms with van der Waals surface area (Å²) in [7, 11) is 1.70. The number of carboxylic acid groups (broad SMARTS) is 1. The lowest BCUT2D eigenvalue weighted by Gasteiger charge is -2.24. The number of carboxylic acids is 1. The molecular formula is C47H47F2N7O9. The zero-order chi connectivity index (χ0) is 45.4.